The molecule has 0 aromatic rings. The van der Waals surface area contributed by atoms with Gasteiger partial charge in [-0.15, -0.1) is 0 Å². The van der Waals surface area contributed by atoms with E-state index >= 15 is 0 Å². The van der Waals surface area contributed by atoms with E-state index in [0.29, 0.717) is 19.3 Å². The minimum absolute atomic E-state index is 0.249. The maximum Gasteiger partial charge on any atom is 0.249 e. The van der Waals surface area contributed by atoms with Gasteiger partial charge in [0.1, 0.15) is 36.6 Å². The summed E-state index contributed by atoms with van der Waals surface area (Å²) in [4.78, 5) is 13.2. The molecule has 11 nitrogen and oxygen atoms in total. The molecule has 1 aliphatic heterocycles. The van der Waals surface area contributed by atoms with Crippen molar-refractivity contribution in [2.24, 2.45) is 0 Å². The van der Waals surface area contributed by atoms with Gasteiger partial charge in [-0.3, -0.25) is 4.79 Å². The predicted octanol–water partition coefficient (Wildman–Crippen LogP) is 15.6. The third kappa shape index (κ3) is 43.3. The summed E-state index contributed by atoms with van der Waals surface area (Å²) in [5.41, 5.74) is 0. The van der Waals surface area contributed by atoms with Gasteiger partial charge in [0.15, 0.2) is 6.29 Å². The summed E-state index contributed by atoms with van der Waals surface area (Å²) >= 11 is 0. The second-order valence-corrected chi connectivity index (χ2v) is 23.9. The summed E-state index contributed by atoms with van der Waals surface area (Å²) < 4.78 is 11.2. The number of amides is 1. The van der Waals surface area contributed by atoms with Crippen molar-refractivity contribution in [2.75, 3.05) is 13.2 Å². The van der Waals surface area contributed by atoms with Crippen molar-refractivity contribution in [3.05, 3.63) is 24.3 Å². The Balaban J connectivity index is 2.24. The number of rotatable bonds is 59. The predicted molar refractivity (Wildman–Crippen MR) is 326 cm³/mol. The first-order chi connectivity index (χ1) is 38.2. The van der Waals surface area contributed by atoms with Crippen LogP contribution in [0.15, 0.2) is 24.3 Å². The van der Waals surface area contributed by atoms with Gasteiger partial charge in [0.05, 0.1) is 25.4 Å². The van der Waals surface area contributed by atoms with Crippen LogP contribution in [0.5, 0.6) is 0 Å². The van der Waals surface area contributed by atoms with Crippen molar-refractivity contribution in [3.8, 4) is 0 Å². The standard InChI is InChI=1S/C67H129NO10/c1-3-5-7-9-11-13-15-17-19-21-23-25-27-29-30-31-33-35-37-39-41-43-45-47-49-51-53-55-60(71)66(76)68-58(57-77-67-65(75)64(74)63(73)61(56-69)78-67)62(72)59(70)54-52-50-48-46-44-42-40-38-36-34-32-28-26-24-22-20-18-16-14-12-10-8-6-4-2/h38,40,46,48,58-65,67,69-75H,3-37,39,41-45,47,49-57H2,1-2H3,(H,68,76)/b40-38+,48-46+. The summed E-state index contributed by atoms with van der Waals surface area (Å²) in [5, 5.41) is 76.4. The van der Waals surface area contributed by atoms with Crippen LogP contribution < -0.4 is 5.32 Å². The van der Waals surface area contributed by atoms with Crippen LogP contribution in [0.1, 0.15) is 328 Å². The first kappa shape index (κ1) is 74.6. The van der Waals surface area contributed by atoms with Gasteiger partial charge in [0, 0.05) is 0 Å². The van der Waals surface area contributed by atoms with Crippen LogP contribution in [0.4, 0.5) is 0 Å². The highest BCUT2D eigenvalue weighted by molar-refractivity contribution is 5.80. The third-order valence-corrected chi connectivity index (χ3v) is 16.5. The molecule has 9 unspecified atom stereocenters. The number of unbranched alkanes of at least 4 members (excludes halogenated alkanes) is 43. The molecule has 11 heteroatoms. The Morgan fingerprint density at radius 3 is 1.14 bits per heavy atom. The molecule has 462 valence electrons. The average molecular weight is 1110 g/mol. The number of carbonyl (C=O) groups is 1. The van der Waals surface area contributed by atoms with Gasteiger partial charge in [0.25, 0.3) is 0 Å². The van der Waals surface area contributed by atoms with Crippen molar-refractivity contribution in [3.63, 3.8) is 0 Å². The number of aliphatic hydroxyl groups excluding tert-OH is 7. The van der Waals surface area contributed by atoms with Gasteiger partial charge in [-0.05, 0) is 51.4 Å². The van der Waals surface area contributed by atoms with E-state index in [1.165, 1.54) is 244 Å². The number of aliphatic hydroxyl groups is 7. The molecule has 0 spiro atoms. The molecule has 0 saturated carbocycles. The van der Waals surface area contributed by atoms with E-state index in [0.717, 1.165) is 38.5 Å². The van der Waals surface area contributed by atoms with Crippen LogP contribution in [0.25, 0.3) is 0 Å². The van der Waals surface area contributed by atoms with Crippen molar-refractivity contribution in [1.29, 1.82) is 0 Å². The van der Waals surface area contributed by atoms with Crippen LogP contribution in [-0.2, 0) is 14.3 Å². The number of nitrogens with one attached hydrogen (secondary N) is 1. The molecule has 0 aromatic carbocycles. The summed E-state index contributed by atoms with van der Waals surface area (Å²) in [7, 11) is 0. The van der Waals surface area contributed by atoms with Crippen LogP contribution in [0, 0.1) is 0 Å². The van der Waals surface area contributed by atoms with E-state index in [-0.39, 0.29) is 12.8 Å². The number of carbonyl (C=O) groups excluding carboxylic acids is 1. The van der Waals surface area contributed by atoms with E-state index in [9.17, 15) is 40.5 Å². The zero-order chi connectivity index (χ0) is 56.8. The topological polar surface area (TPSA) is 189 Å². The van der Waals surface area contributed by atoms with E-state index < -0.39 is 74.2 Å². The first-order valence-electron chi connectivity index (χ1n) is 33.7. The van der Waals surface area contributed by atoms with Gasteiger partial charge in [-0.25, -0.2) is 0 Å². The lowest BCUT2D eigenvalue weighted by Gasteiger charge is -2.40. The second kappa shape index (κ2) is 56.1. The van der Waals surface area contributed by atoms with Crippen molar-refractivity contribution in [2.45, 2.75) is 384 Å². The summed E-state index contributed by atoms with van der Waals surface area (Å²) in [5.74, 6) is -0.703. The van der Waals surface area contributed by atoms with Crippen molar-refractivity contribution < 1.29 is 50.0 Å². The minimum Gasteiger partial charge on any atom is -0.394 e. The van der Waals surface area contributed by atoms with Crippen molar-refractivity contribution >= 4 is 5.91 Å². The maximum atomic E-state index is 13.2. The molecule has 1 saturated heterocycles. The molecular formula is C67H129NO10. The highest BCUT2D eigenvalue weighted by Crippen LogP contribution is 2.24. The van der Waals surface area contributed by atoms with E-state index in [1.807, 2.05) is 0 Å². The summed E-state index contributed by atoms with van der Waals surface area (Å²) in [6, 6.07) is -1.19. The fourth-order valence-electron chi connectivity index (χ4n) is 11.1. The Morgan fingerprint density at radius 2 is 0.769 bits per heavy atom. The lowest BCUT2D eigenvalue weighted by atomic mass is 9.98. The SMILES string of the molecule is CCCCCCCCCCCCCCCCC/C=C/CC/C=C/CCCC(O)C(O)C(COC1OC(CO)C(O)C(O)C1O)NC(=O)C(O)CCCCCCCCCCCCCCCCCCCCCCCCCCCCC. The van der Waals surface area contributed by atoms with Crippen LogP contribution in [0.2, 0.25) is 0 Å². The molecule has 1 amide bonds. The molecule has 0 radical (unpaired) electrons. The number of hydrogen-bond acceptors (Lipinski definition) is 10. The minimum atomic E-state index is -1.67. The zero-order valence-corrected chi connectivity index (χ0v) is 50.9. The van der Waals surface area contributed by atoms with Gasteiger partial charge in [0.2, 0.25) is 5.91 Å². The molecule has 1 rings (SSSR count). The molecule has 8 N–H and O–H groups in total. The van der Waals surface area contributed by atoms with Crippen LogP contribution >= 0.6 is 0 Å². The molecule has 0 aliphatic carbocycles. The van der Waals surface area contributed by atoms with Crippen LogP contribution in [-0.4, -0.2) is 110 Å². The molecule has 9 atom stereocenters. The monoisotopic (exact) mass is 1110 g/mol. The lowest BCUT2D eigenvalue weighted by molar-refractivity contribution is -0.303. The lowest BCUT2D eigenvalue weighted by Crippen LogP contribution is -2.60. The Morgan fingerprint density at radius 1 is 0.436 bits per heavy atom. The molecule has 1 heterocycles. The third-order valence-electron chi connectivity index (χ3n) is 16.5. The molecule has 0 bridgehead atoms. The average Bonchev–Trinajstić information content (AvgIpc) is 3.46. The molecule has 0 aromatic heterocycles. The van der Waals surface area contributed by atoms with E-state index in [2.05, 4.69) is 43.5 Å². The number of hydrogen-bond donors (Lipinski definition) is 8. The maximum absolute atomic E-state index is 13.2. The largest absolute Gasteiger partial charge is 0.394 e. The fourth-order valence-corrected chi connectivity index (χ4v) is 11.1. The fraction of sp³-hybridized carbons (Fsp3) is 0.925. The first-order valence-corrected chi connectivity index (χ1v) is 33.7. The number of ether oxygens (including phenoxy) is 2. The molecule has 78 heavy (non-hydrogen) atoms. The molecular weight excluding hydrogens is 979 g/mol. The highest BCUT2D eigenvalue weighted by Gasteiger charge is 2.44. The Hall–Kier alpha value is -1.41. The van der Waals surface area contributed by atoms with Gasteiger partial charge in [-0.1, -0.05) is 301 Å². The van der Waals surface area contributed by atoms with Crippen LogP contribution in [0.3, 0.4) is 0 Å². The highest BCUT2D eigenvalue weighted by atomic mass is 16.7. The quantitative estimate of drug-likeness (QED) is 0.0215. The normalized spacial score (nSPS) is 19.5. The number of allylic oxidation sites excluding steroid dienone is 4. The summed E-state index contributed by atoms with van der Waals surface area (Å²) in [6.45, 7) is 3.49. The van der Waals surface area contributed by atoms with Crippen molar-refractivity contribution in [1.82, 2.24) is 5.32 Å². The smallest absolute Gasteiger partial charge is 0.249 e. The van der Waals surface area contributed by atoms with Gasteiger partial charge < -0.3 is 50.5 Å². The molecule has 1 fully saturated rings. The van der Waals surface area contributed by atoms with Gasteiger partial charge >= 0.3 is 0 Å². The summed E-state index contributed by atoms with van der Waals surface area (Å²) in [6.07, 6.45) is 58.3. The Kier molecular flexibility index (Phi) is 53.6. The zero-order valence-electron chi connectivity index (χ0n) is 50.9. The molecule has 1 aliphatic rings. The second-order valence-electron chi connectivity index (χ2n) is 23.9. The van der Waals surface area contributed by atoms with Gasteiger partial charge in [-0.2, -0.15) is 0 Å². The Labute approximate surface area is 480 Å². The van der Waals surface area contributed by atoms with E-state index in [1.54, 1.807) is 0 Å². The van der Waals surface area contributed by atoms with E-state index in [4.69, 9.17) is 9.47 Å². The Bertz CT molecular complexity index is 1320.